The van der Waals surface area contributed by atoms with Crippen molar-refractivity contribution in [2.45, 2.75) is 30.1 Å². The number of hydrogen-bond acceptors (Lipinski definition) is 6. The molecule has 0 aromatic heterocycles. The highest BCUT2D eigenvalue weighted by molar-refractivity contribution is 7.89. The maximum atomic E-state index is 12.1. The zero-order valence-corrected chi connectivity index (χ0v) is 11.5. The van der Waals surface area contributed by atoms with Crippen LogP contribution in [0, 0.1) is 6.92 Å². The number of carbonyl (C=O) groups excluding carboxylic acids is 1. The van der Waals surface area contributed by atoms with E-state index in [9.17, 15) is 18.3 Å². The Balaban J connectivity index is 2.23. The molecule has 1 aromatic carbocycles. The fourth-order valence-electron chi connectivity index (χ4n) is 1.90. The van der Waals surface area contributed by atoms with Crippen LogP contribution in [0.15, 0.2) is 29.2 Å². The van der Waals surface area contributed by atoms with Gasteiger partial charge in [0.1, 0.15) is 6.10 Å². The first-order valence-corrected chi connectivity index (χ1v) is 7.42. The summed E-state index contributed by atoms with van der Waals surface area (Å²) in [6, 6.07) is 4.87. The molecule has 0 aliphatic carbocycles. The number of hydrogen-bond donors (Lipinski definition) is 3. The van der Waals surface area contributed by atoms with Crippen molar-refractivity contribution in [3.8, 4) is 0 Å². The number of ether oxygens (including phenoxy) is 1. The third kappa shape index (κ3) is 2.83. The summed E-state index contributed by atoms with van der Waals surface area (Å²) in [5.74, 6) is -0.958. The predicted molar refractivity (Wildman–Crippen MR) is 68.3 cm³/mol. The van der Waals surface area contributed by atoms with E-state index in [1.165, 1.54) is 12.1 Å². The Labute approximate surface area is 116 Å². The van der Waals surface area contributed by atoms with Gasteiger partial charge in [0, 0.05) is 0 Å². The van der Waals surface area contributed by atoms with Gasteiger partial charge in [0.25, 0.3) is 0 Å². The monoisotopic (exact) mass is 301 g/mol. The molecule has 1 fully saturated rings. The minimum atomic E-state index is -3.91. The van der Waals surface area contributed by atoms with Crippen LogP contribution < -0.4 is 4.72 Å². The van der Waals surface area contributed by atoms with Crippen LogP contribution in [0.4, 0.5) is 0 Å². The standard InChI is InChI=1S/C12H15NO6S/c1-7-2-4-8(5-3-7)20(17,18)13-10-9(6-14)19-12(16)11(10)15/h2-5,9-11,13-15H,6H2,1H3/t9-,10+,11-/m0/s1. The van der Waals surface area contributed by atoms with Crippen molar-refractivity contribution in [2.24, 2.45) is 0 Å². The summed E-state index contributed by atoms with van der Waals surface area (Å²) < 4.78 is 31.1. The molecule has 1 aliphatic rings. The van der Waals surface area contributed by atoms with Crippen LogP contribution in [-0.2, 0) is 19.6 Å². The van der Waals surface area contributed by atoms with E-state index < -0.39 is 40.8 Å². The van der Waals surface area contributed by atoms with Gasteiger partial charge in [0.05, 0.1) is 17.5 Å². The summed E-state index contributed by atoms with van der Waals surface area (Å²) in [6.07, 6.45) is -2.73. The number of esters is 1. The molecule has 110 valence electrons. The number of sulfonamides is 1. The maximum absolute atomic E-state index is 12.1. The zero-order chi connectivity index (χ0) is 14.9. The van der Waals surface area contributed by atoms with Crippen LogP contribution in [-0.4, -0.2) is 49.5 Å². The number of aliphatic hydroxyl groups excluding tert-OH is 2. The highest BCUT2D eigenvalue weighted by Gasteiger charge is 2.45. The third-order valence-electron chi connectivity index (χ3n) is 3.05. The quantitative estimate of drug-likeness (QED) is 0.610. The molecule has 0 spiro atoms. The number of rotatable bonds is 4. The van der Waals surface area contributed by atoms with Gasteiger partial charge in [0.2, 0.25) is 10.0 Å². The summed E-state index contributed by atoms with van der Waals surface area (Å²) >= 11 is 0. The average molecular weight is 301 g/mol. The maximum Gasteiger partial charge on any atom is 0.337 e. The summed E-state index contributed by atoms with van der Waals surface area (Å²) in [6.45, 7) is 1.24. The second-order valence-electron chi connectivity index (χ2n) is 4.56. The molecule has 8 heteroatoms. The smallest absolute Gasteiger partial charge is 0.337 e. The van der Waals surface area contributed by atoms with Crippen LogP contribution in [0.1, 0.15) is 5.56 Å². The zero-order valence-electron chi connectivity index (χ0n) is 10.7. The van der Waals surface area contributed by atoms with Gasteiger partial charge in [-0.05, 0) is 19.1 Å². The van der Waals surface area contributed by atoms with Crippen LogP contribution in [0.25, 0.3) is 0 Å². The van der Waals surface area contributed by atoms with E-state index in [2.05, 4.69) is 9.46 Å². The Hall–Kier alpha value is -1.48. The number of benzene rings is 1. The van der Waals surface area contributed by atoms with Gasteiger partial charge in [-0.25, -0.2) is 17.9 Å². The summed E-state index contributed by atoms with van der Waals surface area (Å²) in [5.41, 5.74) is 0.900. The van der Waals surface area contributed by atoms with Crippen LogP contribution in [0.2, 0.25) is 0 Å². The first-order chi connectivity index (χ1) is 9.35. The molecule has 3 atom stereocenters. The lowest BCUT2D eigenvalue weighted by molar-refractivity contribution is -0.148. The molecule has 7 nitrogen and oxygen atoms in total. The Morgan fingerprint density at radius 3 is 2.45 bits per heavy atom. The number of cyclic esters (lactones) is 1. The lowest BCUT2D eigenvalue weighted by atomic mass is 10.1. The third-order valence-corrected chi connectivity index (χ3v) is 4.53. The van der Waals surface area contributed by atoms with Crippen LogP contribution in [0.5, 0.6) is 0 Å². The van der Waals surface area contributed by atoms with Crippen molar-refractivity contribution in [1.82, 2.24) is 4.72 Å². The molecule has 0 unspecified atom stereocenters. The molecule has 3 N–H and O–H groups in total. The van der Waals surface area contributed by atoms with Gasteiger partial charge in [-0.2, -0.15) is 0 Å². The number of aliphatic hydroxyl groups is 2. The van der Waals surface area contributed by atoms with E-state index in [0.29, 0.717) is 0 Å². The van der Waals surface area contributed by atoms with E-state index in [1.807, 2.05) is 6.92 Å². The molecule has 2 rings (SSSR count). The van der Waals surface area contributed by atoms with Crippen LogP contribution >= 0.6 is 0 Å². The normalized spacial score (nSPS) is 26.6. The van der Waals surface area contributed by atoms with E-state index >= 15 is 0 Å². The number of nitrogens with one attached hydrogen (secondary N) is 1. The second kappa shape index (κ2) is 5.49. The van der Waals surface area contributed by atoms with Gasteiger partial charge in [-0.1, -0.05) is 17.7 Å². The molecule has 0 radical (unpaired) electrons. The molecular formula is C12H15NO6S. The van der Waals surface area contributed by atoms with Crippen molar-refractivity contribution in [3.05, 3.63) is 29.8 Å². The first kappa shape index (κ1) is 14.9. The molecule has 0 saturated carbocycles. The van der Waals surface area contributed by atoms with Crippen molar-refractivity contribution >= 4 is 16.0 Å². The lowest BCUT2D eigenvalue weighted by Gasteiger charge is -2.18. The Morgan fingerprint density at radius 2 is 1.90 bits per heavy atom. The Kier molecular flexibility index (Phi) is 4.09. The molecule has 1 aromatic rings. The first-order valence-electron chi connectivity index (χ1n) is 5.93. The Bertz CT molecular complexity index is 597. The largest absolute Gasteiger partial charge is 0.456 e. The van der Waals surface area contributed by atoms with E-state index in [4.69, 9.17) is 5.11 Å². The van der Waals surface area contributed by atoms with Crippen molar-refractivity contribution in [1.29, 1.82) is 0 Å². The molecular weight excluding hydrogens is 286 g/mol. The molecule has 1 aliphatic heterocycles. The SMILES string of the molecule is Cc1ccc(S(=O)(=O)N[C@@H]2[C@H](CO)OC(=O)[C@H]2O)cc1. The van der Waals surface area contributed by atoms with Gasteiger partial charge in [0.15, 0.2) is 6.10 Å². The average Bonchev–Trinajstić information content (AvgIpc) is 2.66. The summed E-state index contributed by atoms with van der Waals surface area (Å²) in [5, 5.41) is 18.7. The minimum absolute atomic E-state index is 0.00587. The van der Waals surface area contributed by atoms with Gasteiger partial charge in [-0.3, -0.25) is 0 Å². The molecule has 1 saturated heterocycles. The number of carbonyl (C=O) groups is 1. The highest BCUT2D eigenvalue weighted by Crippen LogP contribution is 2.19. The van der Waals surface area contributed by atoms with Gasteiger partial charge < -0.3 is 14.9 Å². The lowest BCUT2D eigenvalue weighted by Crippen LogP contribution is -2.48. The fraction of sp³-hybridized carbons (Fsp3) is 0.417. The van der Waals surface area contributed by atoms with E-state index in [0.717, 1.165) is 5.56 Å². The van der Waals surface area contributed by atoms with Crippen molar-refractivity contribution < 1.29 is 28.2 Å². The fourth-order valence-corrected chi connectivity index (χ4v) is 3.17. The highest BCUT2D eigenvalue weighted by atomic mass is 32.2. The van der Waals surface area contributed by atoms with Gasteiger partial charge in [-0.15, -0.1) is 0 Å². The molecule has 1 heterocycles. The molecule has 20 heavy (non-hydrogen) atoms. The van der Waals surface area contributed by atoms with E-state index in [1.54, 1.807) is 12.1 Å². The van der Waals surface area contributed by atoms with Gasteiger partial charge >= 0.3 is 5.97 Å². The summed E-state index contributed by atoms with van der Waals surface area (Å²) in [7, 11) is -3.91. The Morgan fingerprint density at radius 1 is 1.30 bits per heavy atom. The second-order valence-corrected chi connectivity index (χ2v) is 6.28. The topological polar surface area (TPSA) is 113 Å². The number of aryl methyl sites for hydroxylation is 1. The summed E-state index contributed by atoms with van der Waals surface area (Å²) in [4.78, 5) is 11.2. The van der Waals surface area contributed by atoms with E-state index in [-0.39, 0.29) is 4.90 Å². The predicted octanol–water partition coefficient (Wildman–Crippen LogP) is -1.08. The molecule has 0 amide bonds. The van der Waals surface area contributed by atoms with Crippen molar-refractivity contribution in [2.75, 3.05) is 6.61 Å². The minimum Gasteiger partial charge on any atom is -0.456 e. The van der Waals surface area contributed by atoms with Crippen LogP contribution in [0.3, 0.4) is 0 Å². The van der Waals surface area contributed by atoms with Crippen molar-refractivity contribution in [3.63, 3.8) is 0 Å². The molecule has 0 bridgehead atoms.